The van der Waals surface area contributed by atoms with Gasteiger partial charge < -0.3 is 20.5 Å². The number of anilines is 1. The van der Waals surface area contributed by atoms with Crippen LogP contribution in [0, 0.1) is 0 Å². The predicted molar refractivity (Wildman–Crippen MR) is 98.4 cm³/mol. The van der Waals surface area contributed by atoms with Crippen molar-refractivity contribution in [2.75, 3.05) is 30.3 Å². The molecule has 7 nitrogen and oxygen atoms in total. The summed E-state index contributed by atoms with van der Waals surface area (Å²) in [7, 11) is 0. The van der Waals surface area contributed by atoms with Gasteiger partial charge in [0.1, 0.15) is 17.8 Å². The van der Waals surface area contributed by atoms with Crippen molar-refractivity contribution < 1.29 is 4.79 Å². The van der Waals surface area contributed by atoms with Gasteiger partial charge in [0.15, 0.2) is 0 Å². The number of nitrogens with zero attached hydrogens (tertiary/aromatic N) is 3. The molecule has 2 aliphatic heterocycles. The van der Waals surface area contributed by atoms with Gasteiger partial charge in [0.05, 0.1) is 10.3 Å². The Balaban J connectivity index is 0.00000169. The maximum Gasteiger partial charge on any atom is 0.259 e. The Hall–Kier alpha value is -1.77. The Morgan fingerprint density at radius 1 is 1.42 bits per heavy atom. The number of halogens is 1. The molecular weight excluding hydrogens is 348 g/mol. The van der Waals surface area contributed by atoms with Crippen LogP contribution in [0.2, 0.25) is 0 Å². The highest BCUT2D eigenvalue weighted by molar-refractivity contribution is 8.04. The second kappa shape index (κ2) is 7.42. The average molecular weight is 367 g/mol. The minimum atomic E-state index is 0. The van der Waals surface area contributed by atoms with Crippen LogP contribution in [0.1, 0.15) is 6.42 Å². The van der Waals surface area contributed by atoms with Crippen molar-refractivity contribution in [2.45, 2.75) is 12.5 Å². The molecule has 4 rings (SSSR count). The number of rotatable bonds is 3. The molecule has 0 saturated carbocycles. The molecule has 0 radical (unpaired) electrons. The molecule has 9 heteroatoms. The Morgan fingerprint density at radius 3 is 3.17 bits per heavy atom. The average Bonchev–Trinajstić information content (AvgIpc) is 3.25. The van der Waals surface area contributed by atoms with Gasteiger partial charge in [0.25, 0.3) is 5.91 Å². The van der Waals surface area contributed by atoms with E-state index >= 15 is 0 Å². The number of carbonyl (C=O) groups excluding carboxylic acids is 1. The Kier molecular flexibility index (Phi) is 5.27. The van der Waals surface area contributed by atoms with Crippen molar-refractivity contribution in [1.29, 1.82) is 0 Å². The number of aromatic amines is 1. The molecule has 2 aromatic heterocycles. The molecule has 0 aliphatic carbocycles. The lowest BCUT2D eigenvalue weighted by Crippen LogP contribution is -2.38. The number of fused-ring (bicyclic) bond motifs is 1. The second-order valence-corrected chi connectivity index (χ2v) is 6.77. The van der Waals surface area contributed by atoms with Crippen LogP contribution >= 0.6 is 24.2 Å². The van der Waals surface area contributed by atoms with Crippen molar-refractivity contribution >= 4 is 46.9 Å². The van der Waals surface area contributed by atoms with Crippen LogP contribution in [0.4, 0.5) is 5.82 Å². The van der Waals surface area contributed by atoms with Crippen LogP contribution in [-0.2, 0) is 4.79 Å². The summed E-state index contributed by atoms with van der Waals surface area (Å²) in [6.45, 7) is 2.64. The summed E-state index contributed by atoms with van der Waals surface area (Å²) in [5.74, 6) is 1.70. The normalized spacial score (nSPS) is 20.6. The van der Waals surface area contributed by atoms with Crippen molar-refractivity contribution in [2.24, 2.45) is 0 Å². The second-order valence-electron chi connectivity index (χ2n) is 5.64. The maximum absolute atomic E-state index is 12.5. The highest BCUT2D eigenvalue weighted by Gasteiger charge is 2.23. The van der Waals surface area contributed by atoms with Gasteiger partial charge in [0.2, 0.25) is 0 Å². The molecule has 128 valence electrons. The van der Waals surface area contributed by atoms with Gasteiger partial charge >= 0.3 is 0 Å². The molecule has 1 atom stereocenters. The van der Waals surface area contributed by atoms with E-state index in [1.807, 2.05) is 23.4 Å². The van der Waals surface area contributed by atoms with E-state index in [1.54, 1.807) is 18.1 Å². The molecule has 0 aromatic carbocycles. The highest BCUT2D eigenvalue weighted by atomic mass is 35.5. The first-order valence-corrected chi connectivity index (χ1v) is 8.71. The van der Waals surface area contributed by atoms with Crippen LogP contribution in [0.5, 0.6) is 0 Å². The molecule has 1 amide bonds. The van der Waals surface area contributed by atoms with E-state index < -0.39 is 0 Å². The standard InChI is InChI=1S/C15H18N6OS.ClH/c22-15(20-10-1-3-16-7-10)12-8-21(5-6-23-12)14-11-2-4-17-13(11)18-9-19-14;/h2,4,8-10,16H,1,3,5-7H2,(H,20,22)(H,17,18,19);1H/t10-;/m1./s1. The van der Waals surface area contributed by atoms with E-state index in [2.05, 4.69) is 25.6 Å². The lowest BCUT2D eigenvalue weighted by atomic mass is 10.2. The lowest BCUT2D eigenvalue weighted by molar-refractivity contribution is -0.117. The summed E-state index contributed by atoms with van der Waals surface area (Å²) in [5, 5.41) is 7.33. The molecule has 0 spiro atoms. The van der Waals surface area contributed by atoms with Crippen LogP contribution < -0.4 is 15.5 Å². The molecule has 2 aliphatic rings. The molecule has 4 heterocycles. The van der Waals surface area contributed by atoms with Crippen molar-refractivity contribution in [1.82, 2.24) is 25.6 Å². The highest BCUT2D eigenvalue weighted by Crippen LogP contribution is 2.29. The molecule has 0 bridgehead atoms. The van der Waals surface area contributed by atoms with Gasteiger partial charge in [-0.3, -0.25) is 4.79 Å². The van der Waals surface area contributed by atoms with Gasteiger partial charge in [-0.2, -0.15) is 0 Å². The number of hydrogen-bond acceptors (Lipinski definition) is 6. The summed E-state index contributed by atoms with van der Waals surface area (Å²) < 4.78 is 0. The van der Waals surface area contributed by atoms with E-state index in [0.29, 0.717) is 0 Å². The third-order valence-electron chi connectivity index (χ3n) is 4.09. The fraction of sp³-hybridized carbons (Fsp3) is 0.400. The van der Waals surface area contributed by atoms with Gasteiger partial charge in [-0.25, -0.2) is 9.97 Å². The zero-order chi connectivity index (χ0) is 15.6. The number of H-pyrrole nitrogens is 1. The van der Waals surface area contributed by atoms with Gasteiger partial charge in [0, 0.05) is 37.3 Å². The summed E-state index contributed by atoms with van der Waals surface area (Å²) in [5.41, 5.74) is 0.810. The first kappa shape index (κ1) is 17.1. The fourth-order valence-corrected chi connectivity index (χ4v) is 3.81. The van der Waals surface area contributed by atoms with Crippen LogP contribution in [-0.4, -0.2) is 52.3 Å². The zero-order valence-corrected chi connectivity index (χ0v) is 14.6. The smallest absolute Gasteiger partial charge is 0.259 e. The first-order chi connectivity index (χ1) is 11.3. The molecular formula is C15H19ClN6OS. The number of amides is 1. The van der Waals surface area contributed by atoms with E-state index in [-0.39, 0.29) is 24.4 Å². The minimum Gasteiger partial charge on any atom is -0.347 e. The Labute approximate surface area is 150 Å². The number of thioether (sulfide) groups is 1. The van der Waals surface area contributed by atoms with Gasteiger partial charge in [-0.15, -0.1) is 24.2 Å². The number of aromatic nitrogens is 3. The van der Waals surface area contributed by atoms with Crippen LogP contribution in [0.15, 0.2) is 29.7 Å². The number of carbonyl (C=O) groups is 1. The third kappa shape index (κ3) is 3.35. The van der Waals surface area contributed by atoms with Gasteiger partial charge in [-0.05, 0) is 19.0 Å². The molecule has 2 aromatic rings. The predicted octanol–water partition coefficient (Wildman–Crippen LogP) is 1.25. The largest absolute Gasteiger partial charge is 0.347 e. The topological polar surface area (TPSA) is 85.9 Å². The fourth-order valence-electron chi connectivity index (χ4n) is 2.91. The first-order valence-electron chi connectivity index (χ1n) is 7.72. The lowest BCUT2D eigenvalue weighted by Gasteiger charge is -2.26. The zero-order valence-electron chi connectivity index (χ0n) is 13.0. The van der Waals surface area contributed by atoms with E-state index in [9.17, 15) is 4.79 Å². The summed E-state index contributed by atoms with van der Waals surface area (Å²) in [4.78, 5) is 26.9. The monoisotopic (exact) mass is 366 g/mol. The SMILES string of the molecule is Cl.O=C(N[C@@H]1CCNC1)C1=CN(c2ncnc3[nH]ccc23)CCS1. The number of nitrogens with one attached hydrogen (secondary N) is 3. The van der Waals surface area contributed by atoms with Crippen molar-refractivity contribution in [3.63, 3.8) is 0 Å². The third-order valence-corrected chi connectivity index (χ3v) is 5.08. The van der Waals surface area contributed by atoms with E-state index in [1.165, 1.54) is 0 Å². The summed E-state index contributed by atoms with van der Waals surface area (Å²) in [6, 6.07) is 2.19. The molecule has 1 saturated heterocycles. The van der Waals surface area contributed by atoms with E-state index in [4.69, 9.17) is 0 Å². The summed E-state index contributed by atoms with van der Waals surface area (Å²) >= 11 is 1.60. The minimum absolute atomic E-state index is 0. The van der Waals surface area contributed by atoms with Crippen molar-refractivity contribution in [3.05, 3.63) is 29.7 Å². The van der Waals surface area contributed by atoms with Crippen molar-refractivity contribution in [3.8, 4) is 0 Å². The molecule has 3 N–H and O–H groups in total. The Morgan fingerprint density at radius 2 is 2.33 bits per heavy atom. The number of hydrogen-bond donors (Lipinski definition) is 3. The van der Waals surface area contributed by atoms with Crippen LogP contribution in [0.25, 0.3) is 11.0 Å². The molecule has 1 fully saturated rings. The maximum atomic E-state index is 12.5. The molecule has 24 heavy (non-hydrogen) atoms. The molecule has 0 unspecified atom stereocenters. The summed E-state index contributed by atoms with van der Waals surface area (Å²) in [6.07, 6.45) is 6.30. The van der Waals surface area contributed by atoms with Crippen LogP contribution in [0.3, 0.4) is 0 Å². The quantitative estimate of drug-likeness (QED) is 0.758. The van der Waals surface area contributed by atoms with Gasteiger partial charge in [-0.1, -0.05) is 0 Å². The Bertz CT molecular complexity index is 757. The van der Waals surface area contributed by atoms with E-state index in [0.717, 1.165) is 53.6 Å².